The van der Waals surface area contributed by atoms with E-state index in [2.05, 4.69) is 29.2 Å². The van der Waals surface area contributed by atoms with Crippen molar-refractivity contribution < 1.29 is 9.53 Å². The lowest BCUT2D eigenvalue weighted by molar-refractivity contribution is 0.0952. The first-order chi connectivity index (χ1) is 9.15. The molecule has 6 nitrogen and oxygen atoms in total. The van der Waals surface area contributed by atoms with Crippen LogP contribution in [0.1, 0.15) is 34.2 Å². The number of hydrogen-bond acceptors (Lipinski definition) is 6. The number of aromatic nitrogens is 1. The molecule has 0 fully saturated rings. The van der Waals surface area contributed by atoms with Gasteiger partial charge < -0.3 is 9.64 Å². The average Bonchev–Trinajstić information content (AvgIpc) is 2.82. The molecule has 0 aliphatic rings. The number of amides is 1. The quantitative estimate of drug-likeness (QED) is 0.419. The molecule has 0 unspecified atom stereocenters. The second-order valence-corrected chi connectivity index (χ2v) is 5.15. The van der Waals surface area contributed by atoms with E-state index in [9.17, 15) is 4.79 Å². The Hall–Kier alpha value is -1.02. The largest absolute Gasteiger partial charge is 0.378 e. The summed E-state index contributed by atoms with van der Waals surface area (Å²) in [5, 5.41) is 0.942. The van der Waals surface area contributed by atoms with Crippen LogP contribution >= 0.6 is 11.3 Å². The summed E-state index contributed by atoms with van der Waals surface area (Å²) in [6.07, 6.45) is 0.834. The van der Waals surface area contributed by atoms with E-state index in [4.69, 9.17) is 10.6 Å². The molecular formula is C12H22N4O2S. The van der Waals surface area contributed by atoms with Crippen LogP contribution in [0.25, 0.3) is 0 Å². The molecule has 19 heavy (non-hydrogen) atoms. The number of likely N-dealkylation sites (N-methyl/N-ethyl adjacent to an activating group) is 1. The Balaban J connectivity index is 2.76. The highest BCUT2D eigenvalue weighted by Crippen LogP contribution is 2.20. The zero-order valence-corrected chi connectivity index (χ0v) is 12.5. The van der Waals surface area contributed by atoms with E-state index < -0.39 is 0 Å². The number of nitrogens with one attached hydrogen (secondary N) is 1. The number of ether oxygens (including phenoxy) is 1. The standard InChI is InChI=1S/C12H22N4O2S/c1-4-16(5-2)7-6-10-14-9(8-18-3)11(19-10)12(17)15-13/h4-8,13H2,1-3H3,(H,15,17). The summed E-state index contributed by atoms with van der Waals surface area (Å²) in [4.78, 5) is 19.0. The van der Waals surface area contributed by atoms with Crippen LogP contribution in [-0.2, 0) is 17.8 Å². The zero-order chi connectivity index (χ0) is 14.3. The van der Waals surface area contributed by atoms with E-state index >= 15 is 0 Å². The second-order valence-electron chi connectivity index (χ2n) is 4.07. The number of methoxy groups -OCH3 is 1. The molecule has 0 radical (unpaired) electrons. The first-order valence-corrected chi connectivity index (χ1v) is 7.18. The fourth-order valence-corrected chi connectivity index (χ4v) is 2.74. The highest BCUT2D eigenvalue weighted by Gasteiger charge is 2.17. The van der Waals surface area contributed by atoms with Gasteiger partial charge in [0, 0.05) is 20.1 Å². The van der Waals surface area contributed by atoms with E-state index in [0.717, 1.165) is 31.1 Å². The third-order valence-electron chi connectivity index (χ3n) is 2.90. The minimum Gasteiger partial charge on any atom is -0.378 e. The van der Waals surface area contributed by atoms with Crippen molar-refractivity contribution in [3.05, 3.63) is 15.6 Å². The van der Waals surface area contributed by atoms with Crippen molar-refractivity contribution in [3.63, 3.8) is 0 Å². The van der Waals surface area contributed by atoms with Gasteiger partial charge >= 0.3 is 0 Å². The summed E-state index contributed by atoms with van der Waals surface area (Å²) in [5.41, 5.74) is 2.80. The van der Waals surface area contributed by atoms with Gasteiger partial charge in [0.25, 0.3) is 5.91 Å². The first-order valence-electron chi connectivity index (χ1n) is 6.37. The lowest BCUT2D eigenvalue weighted by atomic mass is 10.3. The minimum absolute atomic E-state index is 0.307. The van der Waals surface area contributed by atoms with Crippen LogP contribution in [0, 0.1) is 0 Å². The summed E-state index contributed by atoms with van der Waals surface area (Å²) in [6.45, 7) is 7.57. The zero-order valence-electron chi connectivity index (χ0n) is 11.7. The number of rotatable bonds is 8. The highest BCUT2D eigenvalue weighted by molar-refractivity contribution is 7.13. The Labute approximate surface area is 117 Å². The van der Waals surface area contributed by atoms with Crippen LogP contribution in [0.5, 0.6) is 0 Å². The summed E-state index contributed by atoms with van der Waals surface area (Å²) < 4.78 is 5.06. The molecule has 108 valence electrons. The van der Waals surface area contributed by atoms with E-state index in [-0.39, 0.29) is 5.91 Å². The second kappa shape index (κ2) is 8.21. The van der Waals surface area contributed by atoms with Crippen molar-refractivity contribution in [3.8, 4) is 0 Å². The maximum absolute atomic E-state index is 11.6. The van der Waals surface area contributed by atoms with Gasteiger partial charge in [-0.3, -0.25) is 10.2 Å². The number of nitrogens with zero attached hydrogens (tertiary/aromatic N) is 2. The van der Waals surface area contributed by atoms with Crippen LogP contribution in [0.15, 0.2) is 0 Å². The number of hydrogen-bond donors (Lipinski definition) is 2. The predicted molar refractivity (Wildman–Crippen MR) is 76.0 cm³/mol. The third-order valence-corrected chi connectivity index (χ3v) is 4.05. The highest BCUT2D eigenvalue weighted by atomic mass is 32.1. The maximum Gasteiger partial charge on any atom is 0.277 e. The predicted octanol–water partition coefficient (Wildman–Crippen LogP) is 0.777. The van der Waals surface area contributed by atoms with Gasteiger partial charge in [-0.2, -0.15) is 0 Å². The molecule has 1 aromatic rings. The van der Waals surface area contributed by atoms with Crippen LogP contribution in [0.2, 0.25) is 0 Å². The molecule has 0 aromatic carbocycles. The van der Waals surface area contributed by atoms with E-state index in [1.807, 2.05) is 0 Å². The summed E-state index contributed by atoms with van der Waals surface area (Å²) in [5.74, 6) is 4.87. The molecule has 0 aliphatic carbocycles. The van der Waals surface area contributed by atoms with Crippen molar-refractivity contribution in [2.75, 3.05) is 26.7 Å². The van der Waals surface area contributed by atoms with Crippen molar-refractivity contribution in [1.82, 2.24) is 15.3 Å². The van der Waals surface area contributed by atoms with Gasteiger partial charge in [-0.1, -0.05) is 13.8 Å². The molecule has 0 saturated heterocycles. The summed E-state index contributed by atoms with van der Waals surface area (Å²) in [6, 6.07) is 0. The Morgan fingerprint density at radius 2 is 2.16 bits per heavy atom. The number of nitrogens with two attached hydrogens (primary N) is 1. The number of carbonyl (C=O) groups is 1. The van der Waals surface area contributed by atoms with Crippen molar-refractivity contribution in [1.29, 1.82) is 0 Å². The fraction of sp³-hybridized carbons (Fsp3) is 0.667. The number of nitrogen functional groups attached to an aromatic ring is 1. The normalized spacial score (nSPS) is 11.0. The fourth-order valence-electron chi connectivity index (χ4n) is 1.78. The van der Waals surface area contributed by atoms with Crippen molar-refractivity contribution in [2.45, 2.75) is 26.9 Å². The monoisotopic (exact) mass is 286 g/mol. The summed E-state index contributed by atoms with van der Waals surface area (Å²) in [7, 11) is 1.58. The Morgan fingerprint density at radius 3 is 2.68 bits per heavy atom. The topological polar surface area (TPSA) is 80.5 Å². The van der Waals surface area contributed by atoms with Crippen molar-refractivity contribution >= 4 is 17.2 Å². The molecule has 0 atom stereocenters. The van der Waals surface area contributed by atoms with Gasteiger partial charge in [0.2, 0.25) is 0 Å². The van der Waals surface area contributed by atoms with E-state index in [0.29, 0.717) is 17.2 Å². The Kier molecular flexibility index (Phi) is 6.93. The smallest absolute Gasteiger partial charge is 0.277 e. The molecule has 7 heteroatoms. The number of hydrazine groups is 1. The van der Waals surface area contributed by atoms with E-state index in [1.54, 1.807) is 7.11 Å². The molecule has 1 aromatic heterocycles. The van der Waals surface area contributed by atoms with Gasteiger partial charge in [-0.15, -0.1) is 11.3 Å². The third kappa shape index (κ3) is 4.54. The molecular weight excluding hydrogens is 264 g/mol. The van der Waals surface area contributed by atoms with Crippen LogP contribution in [-0.4, -0.2) is 42.5 Å². The van der Waals surface area contributed by atoms with E-state index in [1.165, 1.54) is 11.3 Å². The maximum atomic E-state index is 11.6. The van der Waals surface area contributed by atoms with Gasteiger partial charge in [0.1, 0.15) is 4.88 Å². The van der Waals surface area contributed by atoms with Crippen LogP contribution < -0.4 is 11.3 Å². The van der Waals surface area contributed by atoms with Gasteiger partial charge in [-0.25, -0.2) is 10.8 Å². The lowest BCUT2D eigenvalue weighted by Crippen LogP contribution is -2.30. The number of thiazole rings is 1. The molecule has 0 spiro atoms. The van der Waals surface area contributed by atoms with Crippen molar-refractivity contribution in [2.24, 2.45) is 5.84 Å². The molecule has 1 rings (SSSR count). The molecule has 1 heterocycles. The SMILES string of the molecule is CCN(CC)CCc1nc(COC)c(C(=O)NN)s1. The molecule has 3 N–H and O–H groups in total. The summed E-state index contributed by atoms with van der Waals surface area (Å²) >= 11 is 1.39. The first kappa shape index (κ1) is 16.0. The Bertz CT molecular complexity index is 404. The van der Waals surface area contributed by atoms with Gasteiger partial charge in [0.15, 0.2) is 0 Å². The molecule has 1 amide bonds. The minimum atomic E-state index is -0.307. The number of carbonyl (C=O) groups excluding carboxylic acids is 1. The van der Waals surface area contributed by atoms with Crippen LogP contribution in [0.3, 0.4) is 0 Å². The lowest BCUT2D eigenvalue weighted by Gasteiger charge is -2.16. The Morgan fingerprint density at radius 1 is 1.47 bits per heavy atom. The average molecular weight is 286 g/mol. The van der Waals surface area contributed by atoms with Gasteiger partial charge in [0.05, 0.1) is 17.3 Å². The molecule has 0 bridgehead atoms. The van der Waals surface area contributed by atoms with Crippen LogP contribution in [0.4, 0.5) is 0 Å². The molecule has 0 aliphatic heterocycles. The molecule has 0 saturated carbocycles. The van der Waals surface area contributed by atoms with Gasteiger partial charge in [-0.05, 0) is 13.1 Å².